The Kier molecular flexibility index (Phi) is 4.78. The predicted octanol–water partition coefficient (Wildman–Crippen LogP) is 4.43. The Morgan fingerprint density at radius 1 is 1.14 bits per heavy atom. The van der Waals surface area contributed by atoms with Gasteiger partial charge in [-0.25, -0.2) is 4.98 Å². The molecule has 2 aromatic rings. The van der Waals surface area contributed by atoms with Crippen LogP contribution in [0.4, 0.5) is 0 Å². The van der Waals surface area contributed by atoms with Gasteiger partial charge in [0.2, 0.25) is 0 Å². The van der Waals surface area contributed by atoms with Crippen LogP contribution >= 0.6 is 0 Å². The summed E-state index contributed by atoms with van der Waals surface area (Å²) < 4.78 is 7.66. The van der Waals surface area contributed by atoms with Crippen molar-refractivity contribution in [2.45, 2.75) is 67.3 Å². The second kappa shape index (κ2) is 6.27. The molecule has 2 heterocycles. The van der Waals surface area contributed by atoms with Crippen LogP contribution in [0.15, 0.2) is 22.9 Å². The smallest absolute Gasteiger partial charge is 0.194 e. The van der Waals surface area contributed by atoms with Crippen molar-refractivity contribution in [3.05, 3.63) is 35.8 Å². The van der Waals surface area contributed by atoms with Crippen molar-refractivity contribution < 1.29 is 4.42 Å². The number of oxazole rings is 1. The third-order valence-electron chi connectivity index (χ3n) is 3.72. The zero-order chi connectivity index (χ0) is 16.4. The fraction of sp³-hybridized carbons (Fsp3) is 0.667. The quantitative estimate of drug-likeness (QED) is 0.793. The molecule has 0 atom stereocenters. The van der Waals surface area contributed by atoms with Crippen LogP contribution in [0.3, 0.4) is 0 Å². The molecule has 0 fully saturated rings. The largest absolute Gasteiger partial charge is 0.446 e. The summed E-state index contributed by atoms with van der Waals surface area (Å²) in [6.07, 6.45) is 6.80. The van der Waals surface area contributed by atoms with Crippen LogP contribution in [0, 0.1) is 17.8 Å². The van der Waals surface area contributed by atoms with Gasteiger partial charge in [-0.05, 0) is 36.7 Å². The predicted molar refractivity (Wildman–Crippen MR) is 88.7 cm³/mol. The van der Waals surface area contributed by atoms with E-state index in [9.17, 15) is 0 Å². The fourth-order valence-electron chi connectivity index (χ4n) is 2.56. The topological polar surface area (TPSA) is 43.9 Å². The number of aryl methyl sites for hydroxylation is 2. The van der Waals surface area contributed by atoms with Crippen LogP contribution < -0.4 is 0 Å². The van der Waals surface area contributed by atoms with E-state index in [1.165, 1.54) is 5.69 Å². The standard InChI is InChI=1S/C18H29N3O/c1-14-13-19-16(22-14)12-18(5,6)8-10-21-9-7-15(20-21)11-17(2,3)4/h7,9,13H,8,10-12H2,1-6H3. The first-order valence-corrected chi connectivity index (χ1v) is 8.07. The van der Waals surface area contributed by atoms with E-state index in [2.05, 4.69) is 61.6 Å². The second-order valence-electron chi connectivity index (χ2n) is 8.26. The molecule has 0 unspecified atom stereocenters. The maximum Gasteiger partial charge on any atom is 0.194 e. The minimum atomic E-state index is 0.146. The van der Waals surface area contributed by atoms with Crippen LogP contribution in [0.1, 0.15) is 58.4 Å². The highest BCUT2D eigenvalue weighted by molar-refractivity contribution is 5.01. The Morgan fingerprint density at radius 2 is 1.86 bits per heavy atom. The van der Waals surface area contributed by atoms with E-state index in [0.29, 0.717) is 0 Å². The number of hydrogen-bond acceptors (Lipinski definition) is 3. The molecule has 122 valence electrons. The summed E-state index contributed by atoms with van der Waals surface area (Å²) >= 11 is 0. The summed E-state index contributed by atoms with van der Waals surface area (Å²) in [5.74, 6) is 1.71. The number of aromatic nitrogens is 3. The first-order chi connectivity index (χ1) is 10.1. The molecule has 0 aliphatic heterocycles. The number of hydrogen-bond donors (Lipinski definition) is 0. The molecular weight excluding hydrogens is 274 g/mol. The molecule has 0 aliphatic rings. The lowest BCUT2D eigenvalue weighted by molar-refractivity contribution is 0.275. The molecule has 0 aromatic carbocycles. The number of nitrogens with zero attached hydrogens (tertiary/aromatic N) is 3. The van der Waals surface area contributed by atoms with Crippen molar-refractivity contribution in [3.8, 4) is 0 Å². The molecule has 0 spiro atoms. The second-order valence-corrected chi connectivity index (χ2v) is 8.26. The van der Waals surface area contributed by atoms with Crippen molar-refractivity contribution in [2.24, 2.45) is 10.8 Å². The molecule has 4 heteroatoms. The molecule has 22 heavy (non-hydrogen) atoms. The van der Waals surface area contributed by atoms with Gasteiger partial charge in [-0.3, -0.25) is 4.68 Å². The monoisotopic (exact) mass is 303 g/mol. The van der Waals surface area contributed by atoms with E-state index < -0.39 is 0 Å². The zero-order valence-corrected chi connectivity index (χ0v) is 14.8. The van der Waals surface area contributed by atoms with E-state index in [4.69, 9.17) is 4.42 Å². The first-order valence-electron chi connectivity index (χ1n) is 8.07. The summed E-state index contributed by atoms with van der Waals surface area (Å²) in [6, 6.07) is 2.13. The summed E-state index contributed by atoms with van der Waals surface area (Å²) in [6.45, 7) is 14.1. The molecule has 0 N–H and O–H groups in total. The van der Waals surface area contributed by atoms with E-state index in [0.717, 1.165) is 37.5 Å². The highest BCUT2D eigenvalue weighted by Gasteiger charge is 2.21. The summed E-state index contributed by atoms with van der Waals surface area (Å²) in [5.41, 5.74) is 1.60. The Labute approximate surface area is 133 Å². The zero-order valence-electron chi connectivity index (χ0n) is 14.8. The van der Waals surface area contributed by atoms with Crippen molar-refractivity contribution in [2.75, 3.05) is 0 Å². The lowest BCUT2D eigenvalue weighted by Gasteiger charge is -2.22. The van der Waals surface area contributed by atoms with Gasteiger partial charge in [-0.1, -0.05) is 34.6 Å². The highest BCUT2D eigenvalue weighted by Crippen LogP contribution is 2.26. The number of rotatable bonds is 6. The summed E-state index contributed by atoms with van der Waals surface area (Å²) in [5, 5.41) is 4.69. The van der Waals surface area contributed by atoms with E-state index >= 15 is 0 Å². The van der Waals surface area contributed by atoms with Gasteiger partial charge in [-0.2, -0.15) is 5.10 Å². The molecule has 0 amide bonds. The fourth-order valence-corrected chi connectivity index (χ4v) is 2.56. The van der Waals surface area contributed by atoms with Crippen LogP contribution in [0.25, 0.3) is 0 Å². The third-order valence-corrected chi connectivity index (χ3v) is 3.72. The minimum Gasteiger partial charge on any atom is -0.446 e. The molecule has 4 nitrogen and oxygen atoms in total. The Bertz CT molecular complexity index is 602. The Balaban J connectivity index is 1.88. The average molecular weight is 303 g/mol. The van der Waals surface area contributed by atoms with E-state index in [1.54, 1.807) is 6.20 Å². The SMILES string of the molecule is Cc1cnc(CC(C)(C)CCn2ccc(CC(C)(C)C)n2)o1. The van der Waals surface area contributed by atoms with E-state index in [-0.39, 0.29) is 10.8 Å². The van der Waals surface area contributed by atoms with Gasteiger partial charge < -0.3 is 4.42 Å². The van der Waals surface area contributed by atoms with Crippen LogP contribution in [-0.2, 0) is 19.4 Å². The van der Waals surface area contributed by atoms with Crippen molar-refractivity contribution in [3.63, 3.8) is 0 Å². The maximum absolute atomic E-state index is 5.60. The van der Waals surface area contributed by atoms with Crippen molar-refractivity contribution in [1.29, 1.82) is 0 Å². The van der Waals surface area contributed by atoms with Gasteiger partial charge in [-0.15, -0.1) is 0 Å². The van der Waals surface area contributed by atoms with Gasteiger partial charge in [0.05, 0.1) is 11.9 Å². The van der Waals surface area contributed by atoms with Gasteiger partial charge >= 0.3 is 0 Å². The Hall–Kier alpha value is -1.58. The molecule has 0 saturated carbocycles. The van der Waals surface area contributed by atoms with Gasteiger partial charge in [0.1, 0.15) is 5.76 Å². The van der Waals surface area contributed by atoms with Crippen molar-refractivity contribution in [1.82, 2.24) is 14.8 Å². The van der Waals surface area contributed by atoms with Gasteiger partial charge in [0.25, 0.3) is 0 Å². The van der Waals surface area contributed by atoms with Crippen LogP contribution in [0.2, 0.25) is 0 Å². The third kappa shape index (κ3) is 5.32. The van der Waals surface area contributed by atoms with Crippen molar-refractivity contribution >= 4 is 0 Å². The summed E-state index contributed by atoms with van der Waals surface area (Å²) in [7, 11) is 0. The molecule has 0 saturated heterocycles. The lowest BCUT2D eigenvalue weighted by atomic mass is 9.85. The molecule has 0 aliphatic carbocycles. The normalized spacial score (nSPS) is 12.8. The maximum atomic E-state index is 5.60. The minimum absolute atomic E-state index is 0.146. The molecule has 0 radical (unpaired) electrons. The van der Waals surface area contributed by atoms with E-state index in [1.807, 2.05) is 6.92 Å². The van der Waals surface area contributed by atoms with Gasteiger partial charge in [0, 0.05) is 19.2 Å². The Morgan fingerprint density at radius 3 is 2.45 bits per heavy atom. The first kappa shape index (κ1) is 16.8. The highest BCUT2D eigenvalue weighted by atomic mass is 16.4. The average Bonchev–Trinajstić information content (AvgIpc) is 2.94. The summed E-state index contributed by atoms with van der Waals surface area (Å²) in [4.78, 5) is 4.31. The molecule has 0 bridgehead atoms. The lowest BCUT2D eigenvalue weighted by Crippen LogP contribution is -2.18. The molecule has 2 rings (SSSR count). The van der Waals surface area contributed by atoms with Crippen LogP contribution in [-0.4, -0.2) is 14.8 Å². The van der Waals surface area contributed by atoms with Gasteiger partial charge in [0.15, 0.2) is 5.89 Å². The molecule has 2 aromatic heterocycles. The van der Waals surface area contributed by atoms with Crippen LogP contribution in [0.5, 0.6) is 0 Å². The molecular formula is C18H29N3O.